The molecule has 0 atom stereocenters. The molecule has 1 amide bonds. The van der Waals surface area contributed by atoms with Crippen molar-refractivity contribution >= 4 is 11.9 Å². The fraction of sp³-hybridized carbons (Fsp3) is 0.600. The zero-order valence-corrected chi connectivity index (χ0v) is 11.9. The molecular formula is C15H21N3O2. The van der Waals surface area contributed by atoms with Crippen LogP contribution in [0, 0.1) is 6.92 Å². The quantitative estimate of drug-likeness (QED) is 0.900. The van der Waals surface area contributed by atoms with E-state index in [-0.39, 0.29) is 0 Å². The molecule has 2 heterocycles. The summed E-state index contributed by atoms with van der Waals surface area (Å²) in [5, 5.41) is 8.97. The fourth-order valence-electron chi connectivity index (χ4n) is 2.99. The predicted octanol–water partition coefficient (Wildman–Crippen LogP) is 2.46. The van der Waals surface area contributed by atoms with Gasteiger partial charge in [0.25, 0.3) is 0 Å². The molecule has 1 aliphatic carbocycles. The third kappa shape index (κ3) is 2.44. The van der Waals surface area contributed by atoms with Crippen molar-refractivity contribution in [1.82, 2.24) is 9.88 Å². The van der Waals surface area contributed by atoms with Crippen molar-refractivity contribution in [2.24, 2.45) is 0 Å². The lowest BCUT2D eigenvalue weighted by molar-refractivity contribution is 0.142. The van der Waals surface area contributed by atoms with Gasteiger partial charge in [0, 0.05) is 32.4 Å². The maximum Gasteiger partial charge on any atom is 0.407 e. The van der Waals surface area contributed by atoms with Crippen LogP contribution in [0.1, 0.15) is 36.3 Å². The molecule has 1 N–H and O–H groups in total. The lowest BCUT2D eigenvalue weighted by atomic mass is 9.80. The molecule has 1 saturated carbocycles. The summed E-state index contributed by atoms with van der Waals surface area (Å²) in [5.74, 6) is 1.72. The minimum absolute atomic E-state index is 0.556. The molecule has 1 saturated heterocycles. The summed E-state index contributed by atoms with van der Waals surface area (Å²) < 4.78 is 0. The first-order valence-electron chi connectivity index (χ1n) is 7.34. The number of hydrogen-bond donors (Lipinski definition) is 1. The van der Waals surface area contributed by atoms with Crippen LogP contribution in [0.15, 0.2) is 12.3 Å². The largest absolute Gasteiger partial charge is 0.465 e. The number of amides is 1. The fourth-order valence-corrected chi connectivity index (χ4v) is 2.99. The number of anilines is 1. The van der Waals surface area contributed by atoms with Gasteiger partial charge in [0.2, 0.25) is 0 Å². The Balaban J connectivity index is 1.70. The SMILES string of the molecule is Cc1cc(C2CCC2)cnc1N1CCN(C(=O)O)CC1. The Bertz CT molecular complexity index is 506. The molecule has 1 aliphatic heterocycles. The van der Waals surface area contributed by atoms with Gasteiger partial charge >= 0.3 is 6.09 Å². The van der Waals surface area contributed by atoms with Crippen LogP contribution in [0.5, 0.6) is 0 Å². The highest BCUT2D eigenvalue weighted by atomic mass is 16.4. The van der Waals surface area contributed by atoms with Gasteiger partial charge in [-0.2, -0.15) is 0 Å². The first-order valence-corrected chi connectivity index (χ1v) is 7.34. The third-order valence-corrected chi connectivity index (χ3v) is 4.50. The van der Waals surface area contributed by atoms with Gasteiger partial charge in [0.05, 0.1) is 0 Å². The second kappa shape index (κ2) is 5.31. The molecule has 0 spiro atoms. The molecule has 108 valence electrons. The molecule has 2 fully saturated rings. The predicted molar refractivity (Wildman–Crippen MR) is 77.4 cm³/mol. The Morgan fingerprint density at radius 1 is 1.30 bits per heavy atom. The number of hydrogen-bond acceptors (Lipinski definition) is 3. The molecule has 5 nitrogen and oxygen atoms in total. The van der Waals surface area contributed by atoms with Crippen LogP contribution < -0.4 is 4.90 Å². The first kappa shape index (κ1) is 13.2. The van der Waals surface area contributed by atoms with Crippen molar-refractivity contribution in [3.8, 4) is 0 Å². The Kier molecular flexibility index (Phi) is 3.51. The van der Waals surface area contributed by atoms with Gasteiger partial charge in [-0.15, -0.1) is 0 Å². The van der Waals surface area contributed by atoms with Crippen LogP contribution in [-0.2, 0) is 0 Å². The second-order valence-electron chi connectivity index (χ2n) is 5.79. The van der Waals surface area contributed by atoms with Gasteiger partial charge in [-0.1, -0.05) is 12.5 Å². The van der Waals surface area contributed by atoms with E-state index in [1.807, 2.05) is 6.20 Å². The van der Waals surface area contributed by atoms with E-state index < -0.39 is 6.09 Å². The van der Waals surface area contributed by atoms with Crippen LogP contribution in [0.2, 0.25) is 0 Å². The lowest BCUT2D eigenvalue weighted by Crippen LogP contribution is -2.48. The highest BCUT2D eigenvalue weighted by Gasteiger charge is 2.24. The van der Waals surface area contributed by atoms with E-state index in [4.69, 9.17) is 5.11 Å². The van der Waals surface area contributed by atoms with Gasteiger partial charge in [0.15, 0.2) is 0 Å². The number of carboxylic acid groups (broad SMARTS) is 1. The van der Waals surface area contributed by atoms with Crippen LogP contribution in [0.4, 0.5) is 10.6 Å². The lowest BCUT2D eigenvalue weighted by Gasteiger charge is -2.35. The monoisotopic (exact) mass is 275 g/mol. The van der Waals surface area contributed by atoms with Crippen molar-refractivity contribution in [2.45, 2.75) is 32.1 Å². The van der Waals surface area contributed by atoms with Crippen molar-refractivity contribution in [3.63, 3.8) is 0 Å². The molecule has 3 rings (SSSR count). The summed E-state index contributed by atoms with van der Waals surface area (Å²) in [4.78, 5) is 19.2. The topological polar surface area (TPSA) is 56.7 Å². The molecule has 0 aromatic carbocycles. The first-order chi connectivity index (χ1) is 9.65. The van der Waals surface area contributed by atoms with E-state index in [0.29, 0.717) is 19.0 Å². The van der Waals surface area contributed by atoms with Crippen LogP contribution in [-0.4, -0.2) is 47.3 Å². The van der Waals surface area contributed by atoms with Gasteiger partial charge in [-0.05, 0) is 36.8 Å². The van der Waals surface area contributed by atoms with E-state index >= 15 is 0 Å². The summed E-state index contributed by atoms with van der Waals surface area (Å²) >= 11 is 0. The maximum absolute atomic E-state index is 10.9. The number of rotatable bonds is 2. The molecular weight excluding hydrogens is 254 g/mol. The highest BCUT2D eigenvalue weighted by molar-refractivity contribution is 5.65. The van der Waals surface area contributed by atoms with Crippen molar-refractivity contribution < 1.29 is 9.90 Å². The minimum Gasteiger partial charge on any atom is -0.465 e. The van der Waals surface area contributed by atoms with Crippen LogP contribution >= 0.6 is 0 Å². The number of aromatic nitrogens is 1. The molecule has 0 unspecified atom stereocenters. The van der Waals surface area contributed by atoms with Crippen molar-refractivity contribution in [1.29, 1.82) is 0 Å². The molecule has 5 heteroatoms. The van der Waals surface area contributed by atoms with Gasteiger partial charge in [0.1, 0.15) is 5.82 Å². The molecule has 0 radical (unpaired) electrons. The Hall–Kier alpha value is -1.78. The van der Waals surface area contributed by atoms with E-state index in [0.717, 1.165) is 18.9 Å². The molecule has 20 heavy (non-hydrogen) atoms. The summed E-state index contributed by atoms with van der Waals surface area (Å²) in [7, 11) is 0. The normalized spacial score (nSPS) is 19.9. The zero-order valence-electron chi connectivity index (χ0n) is 11.9. The molecule has 1 aromatic heterocycles. The highest BCUT2D eigenvalue weighted by Crippen LogP contribution is 2.37. The number of aryl methyl sites for hydroxylation is 1. The van der Waals surface area contributed by atoms with Gasteiger partial charge < -0.3 is 14.9 Å². The number of pyridine rings is 1. The molecule has 2 aliphatic rings. The van der Waals surface area contributed by atoms with Crippen molar-refractivity contribution in [3.05, 3.63) is 23.4 Å². The van der Waals surface area contributed by atoms with Crippen LogP contribution in [0.25, 0.3) is 0 Å². The zero-order chi connectivity index (χ0) is 14.1. The van der Waals surface area contributed by atoms with E-state index in [1.165, 1.54) is 35.3 Å². The molecule has 0 bridgehead atoms. The van der Waals surface area contributed by atoms with E-state index in [9.17, 15) is 4.79 Å². The van der Waals surface area contributed by atoms with Gasteiger partial charge in [-0.25, -0.2) is 9.78 Å². The summed E-state index contributed by atoms with van der Waals surface area (Å²) in [5.41, 5.74) is 2.57. The second-order valence-corrected chi connectivity index (χ2v) is 5.79. The van der Waals surface area contributed by atoms with Crippen LogP contribution in [0.3, 0.4) is 0 Å². The average molecular weight is 275 g/mol. The summed E-state index contributed by atoms with van der Waals surface area (Å²) in [6.07, 6.45) is 5.10. The molecule has 1 aromatic rings. The smallest absolute Gasteiger partial charge is 0.407 e. The number of nitrogens with zero attached hydrogens (tertiary/aromatic N) is 3. The maximum atomic E-state index is 10.9. The van der Waals surface area contributed by atoms with Gasteiger partial charge in [-0.3, -0.25) is 0 Å². The number of piperazine rings is 1. The Morgan fingerprint density at radius 2 is 2.00 bits per heavy atom. The summed E-state index contributed by atoms with van der Waals surface area (Å²) in [6.45, 7) is 4.67. The number of carbonyl (C=O) groups is 1. The Morgan fingerprint density at radius 3 is 2.50 bits per heavy atom. The summed E-state index contributed by atoms with van der Waals surface area (Å²) in [6, 6.07) is 2.26. The standard InChI is InChI=1S/C15H21N3O2/c1-11-9-13(12-3-2-4-12)10-16-14(11)17-5-7-18(8-6-17)15(19)20/h9-10,12H,2-8H2,1H3,(H,19,20). The van der Waals surface area contributed by atoms with E-state index in [1.54, 1.807) is 0 Å². The van der Waals surface area contributed by atoms with Crippen molar-refractivity contribution in [2.75, 3.05) is 31.1 Å². The average Bonchev–Trinajstić information content (AvgIpc) is 2.37. The third-order valence-electron chi connectivity index (χ3n) is 4.50. The Labute approximate surface area is 119 Å². The van der Waals surface area contributed by atoms with E-state index in [2.05, 4.69) is 22.9 Å². The minimum atomic E-state index is -0.824.